The molecule has 0 aliphatic rings. The van der Waals surface area contributed by atoms with Crippen molar-refractivity contribution in [3.05, 3.63) is 24.3 Å². The van der Waals surface area contributed by atoms with Gasteiger partial charge in [0.2, 0.25) is 20.0 Å². The molecule has 1 atom stereocenters. The van der Waals surface area contributed by atoms with Gasteiger partial charge in [0.1, 0.15) is 0 Å². The van der Waals surface area contributed by atoms with Gasteiger partial charge in [0, 0.05) is 12.6 Å². The lowest BCUT2D eigenvalue weighted by Gasteiger charge is -2.14. The number of hydrogen-bond acceptors (Lipinski definition) is 5. The van der Waals surface area contributed by atoms with Crippen LogP contribution in [0.3, 0.4) is 0 Å². The van der Waals surface area contributed by atoms with E-state index in [1.807, 2.05) is 0 Å². The molecule has 0 fully saturated rings. The van der Waals surface area contributed by atoms with Gasteiger partial charge < -0.3 is 4.74 Å². The van der Waals surface area contributed by atoms with Crippen molar-refractivity contribution in [2.45, 2.75) is 29.7 Å². The van der Waals surface area contributed by atoms with Crippen LogP contribution < -0.4 is 9.86 Å². The summed E-state index contributed by atoms with van der Waals surface area (Å²) in [6, 6.07) is 4.44. The fourth-order valence-electron chi connectivity index (χ4n) is 1.48. The maximum absolute atomic E-state index is 12.1. The minimum atomic E-state index is -3.95. The van der Waals surface area contributed by atoms with Crippen LogP contribution in [0.25, 0.3) is 0 Å². The van der Waals surface area contributed by atoms with Gasteiger partial charge in [0.05, 0.1) is 16.4 Å². The maximum atomic E-state index is 12.1. The molecule has 0 amide bonds. The zero-order valence-electron chi connectivity index (χ0n) is 11.2. The van der Waals surface area contributed by atoms with E-state index in [2.05, 4.69) is 4.72 Å². The van der Waals surface area contributed by atoms with E-state index >= 15 is 0 Å². The van der Waals surface area contributed by atoms with Gasteiger partial charge in [-0.25, -0.2) is 26.7 Å². The number of primary sulfonamides is 1. The summed E-state index contributed by atoms with van der Waals surface area (Å²) >= 11 is 0. The zero-order chi connectivity index (χ0) is 15.4. The van der Waals surface area contributed by atoms with E-state index in [9.17, 15) is 16.8 Å². The Balaban J connectivity index is 2.99. The third kappa shape index (κ3) is 4.84. The molecule has 1 aromatic carbocycles. The third-order valence-corrected chi connectivity index (χ3v) is 4.87. The second kappa shape index (κ2) is 6.64. The van der Waals surface area contributed by atoms with E-state index < -0.39 is 26.1 Å². The van der Waals surface area contributed by atoms with Gasteiger partial charge >= 0.3 is 0 Å². The quantitative estimate of drug-likeness (QED) is 0.735. The Labute approximate surface area is 119 Å². The van der Waals surface area contributed by atoms with Crippen molar-refractivity contribution in [3.63, 3.8) is 0 Å². The summed E-state index contributed by atoms with van der Waals surface area (Å²) in [6.07, 6.45) is 0. The summed E-state index contributed by atoms with van der Waals surface area (Å²) in [7, 11) is -7.77. The lowest BCUT2D eigenvalue weighted by atomic mass is 10.4. The molecule has 0 radical (unpaired) electrons. The number of ether oxygens (including phenoxy) is 1. The van der Waals surface area contributed by atoms with E-state index in [1.165, 1.54) is 18.2 Å². The van der Waals surface area contributed by atoms with Crippen LogP contribution in [0.1, 0.15) is 13.8 Å². The second-order valence-corrected chi connectivity index (χ2v) is 7.48. The van der Waals surface area contributed by atoms with Crippen LogP contribution in [-0.2, 0) is 24.8 Å². The molecule has 9 heteroatoms. The van der Waals surface area contributed by atoms with Crippen molar-refractivity contribution in [2.24, 2.45) is 5.14 Å². The monoisotopic (exact) mass is 322 g/mol. The molecule has 1 rings (SSSR count). The molecule has 20 heavy (non-hydrogen) atoms. The van der Waals surface area contributed by atoms with Crippen molar-refractivity contribution in [1.82, 2.24) is 4.72 Å². The third-order valence-electron chi connectivity index (χ3n) is 2.37. The van der Waals surface area contributed by atoms with Gasteiger partial charge in [-0.2, -0.15) is 0 Å². The minimum absolute atomic E-state index is 0.160. The maximum Gasteiger partial charge on any atom is 0.240 e. The fourth-order valence-corrected chi connectivity index (χ4v) is 3.39. The first kappa shape index (κ1) is 17.1. The molecule has 114 valence electrons. The van der Waals surface area contributed by atoms with Crippen LogP contribution in [0, 0.1) is 0 Å². The van der Waals surface area contributed by atoms with Gasteiger partial charge in [0.15, 0.2) is 0 Å². The molecule has 0 saturated heterocycles. The first-order valence-corrected chi connectivity index (χ1v) is 8.92. The van der Waals surface area contributed by atoms with Crippen LogP contribution in [0.15, 0.2) is 34.1 Å². The summed E-state index contributed by atoms with van der Waals surface area (Å²) < 4.78 is 54.1. The van der Waals surface area contributed by atoms with E-state index in [4.69, 9.17) is 9.88 Å². The Bertz CT molecular complexity index is 655. The highest BCUT2D eigenvalue weighted by Gasteiger charge is 2.19. The molecule has 7 nitrogen and oxygen atoms in total. The Morgan fingerprint density at radius 3 is 2.40 bits per heavy atom. The van der Waals surface area contributed by atoms with E-state index in [-0.39, 0.29) is 16.4 Å². The Morgan fingerprint density at radius 2 is 1.85 bits per heavy atom. The minimum Gasteiger partial charge on any atom is -0.380 e. The molecule has 0 bridgehead atoms. The van der Waals surface area contributed by atoms with E-state index in [1.54, 1.807) is 13.8 Å². The van der Waals surface area contributed by atoms with Gasteiger partial charge in [-0.3, -0.25) is 0 Å². The smallest absolute Gasteiger partial charge is 0.240 e. The molecule has 0 heterocycles. The lowest BCUT2D eigenvalue weighted by Crippen LogP contribution is -2.36. The molecule has 0 spiro atoms. The topological polar surface area (TPSA) is 116 Å². The Morgan fingerprint density at radius 1 is 1.25 bits per heavy atom. The molecule has 0 aliphatic carbocycles. The molecule has 0 aromatic heterocycles. The Hall–Kier alpha value is -1.00. The van der Waals surface area contributed by atoms with Crippen LogP contribution in [-0.4, -0.2) is 36.1 Å². The Kier molecular flexibility index (Phi) is 5.66. The van der Waals surface area contributed by atoms with Crippen molar-refractivity contribution in [1.29, 1.82) is 0 Å². The molecular weight excluding hydrogens is 304 g/mol. The van der Waals surface area contributed by atoms with Crippen LogP contribution in [0.4, 0.5) is 0 Å². The van der Waals surface area contributed by atoms with Gasteiger partial charge in [0.25, 0.3) is 0 Å². The SMILES string of the molecule is CCOCC(C)NS(=O)(=O)c1cccc(S(N)(=O)=O)c1. The van der Waals surface area contributed by atoms with Gasteiger partial charge in [-0.05, 0) is 32.0 Å². The molecule has 1 unspecified atom stereocenters. The number of hydrogen-bond donors (Lipinski definition) is 2. The van der Waals surface area contributed by atoms with Crippen molar-refractivity contribution in [2.75, 3.05) is 13.2 Å². The molecule has 1 aromatic rings. The predicted octanol–water partition coefficient (Wildman–Crippen LogP) is 0.0373. The van der Waals surface area contributed by atoms with E-state index in [0.717, 1.165) is 6.07 Å². The van der Waals surface area contributed by atoms with Crippen LogP contribution in [0.2, 0.25) is 0 Å². The lowest BCUT2D eigenvalue weighted by molar-refractivity contribution is 0.133. The van der Waals surface area contributed by atoms with Crippen molar-refractivity contribution in [3.8, 4) is 0 Å². The first-order chi connectivity index (χ1) is 9.16. The summed E-state index contributed by atoms with van der Waals surface area (Å²) in [5, 5.41) is 4.97. The number of nitrogens with two attached hydrogens (primary N) is 1. The number of nitrogens with one attached hydrogen (secondary N) is 1. The van der Waals surface area contributed by atoms with Gasteiger partial charge in [-0.15, -0.1) is 0 Å². The molecule has 0 saturated carbocycles. The zero-order valence-corrected chi connectivity index (χ0v) is 12.9. The normalized spacial score (nSPS) is 14.2. The summed E-state index contributed by atoms with van der Waals surface area (Å²) in [5.41, 5.74) is 0. The summed E-state index contributed by atoms with van der Waals surface area (Å²) in [5.74, 6) is 0. The largest absolute Gasteiger partial charge is 0.380 e. The van der Waals surface area contributed by atoms with Crippen LogP contribution in [0.5, 0.6) is 0 Å². The first-order valence-electron chi connectivity index (χ1n) is 5.89. The van der Waals surface area contributed by atoms with Crippen molar-refractivity contribution >= 4 is 20.0 Å². The standard InChI is InChI=1S/C11H18N2O5S2/c1-3-18-8-9(2)13-20(16,17)11-6-4-5-10(7-11)19(12,14)15/h4-7,9,13H,3,8H2,1-2H3,(H2,12,14,15). The highest BCUT2D eigenvalue weighted by molar-refractivity contribution is 7.90. The summed E-state index contributed by atoms with van der Waals surface area (Å²) in [6.45, 7) is 4.16. The van der Waals surface area contributed by atoms with Crippen LogP contribution >= 0.6 is 0 Å². The molecular formula is C11H18N2O5S2. The number of rotatable bonds is 7. The van der Waals surface area contributed by atoms with Gasteiger partial charge in [-0.1, -0.05) is 6.07 Å². The average Bonchev–Trinajstić information content (AvgIpc) is 2.35. The predicted molar refractivity (Wildman–Crippen MR) is 74.1 cm³/mol. The van der Waals surface area contributed by atoms with Crippen molar-refractivity contribution < 1.29 is 21.6 Å². The summed E-state index contributed by atoms with van der Waals surface area (Å²) in [4.78, 5) is -0.412. The average molecular weight is 322 g/mol. The highest BCUT2D eigenvalue weighted by atomic mass is 32.2. The van der Waals surface area contributed by atoms with E-state index in [0.29, 0.717) is 6.61 Å². The number of benzene rings is 1. The fraction of sp³-hybridized carbons (Fsp3) is 0.455. The molecule has 0 aliphatic heterocycles. The number of sulfonamides is 2. The molecule has 3 N–H and O–H groups in total. The highest BCUT2D eigenvalue weighted by Crippen LogP contribution is 2.14. The second-order valence-electron chi connectivity index (χ2n) is 4.20.